The van der Waals surface area contributed by atoms with E-state index in [2.05, 4.69) is 0 Å². The lowest BCUT2D eigenvalue weighted by molar-refractivity contribution is -0.119. The minimum absolute atomic E-state index is 0.0737. The number of Topliss-reactive ketones (excluding diaryl/α,β-unsaturated/α-hetero) is 1. The van der Waals surface area contributed by atoms with Crippen LogP contribution < -0.4 is 4.90 Å². The van der Waals surface area contributed by atoms with Gasteiger partial charge in [-0.2, -0.15) is 0 Å². The molecule has 0 aliphatic carbocycles. The van der Waals surface area contributed by atoms with Crippen molar-refractivity contribution in [2.45, 2.75) is 40.2 Å². The predicted molar refractivity (Wildman–Crippen MR) is 118 cm³/mol. The molecule has 1 aliphatic heterocycles. The van der Waals surface area contributed by atoms with Gasteiger partial charge in [-0.05, 0) is 37.1 Å². The summed E-state index contributed by atoms with van der Waals surface area (Å²) in [5, 5.41) is 10.7. The summed E-state index contributed by atoms with van der Waals surface area (Å²) in [4.78, 5) is 39.8. The summed E-state index contributed by atoms with van der Waals surface area (Å²) in [7, 11) is 0. The fourth-order valence-electron chi connectivity index (χ4n) is 3.65. The van der Waals surface area contributed by atoms with Gasteiger partial charge in [0.25, 0.3) is 5.91 Å². The van der Waals surface area contributed by atoms with Crippen molar-refractivity contribution < 1.29 is 24.2 Å². The highest BCUT2D eigenvalue weighted by Crippen LogP contribution is 2.42. The molecule has 1 N–H and O–H groups in total. The average Bonchev–Trinajstić information content (AvgIpc) is 3.02. The van der Waals surface area contributed by atoms with Gasteiger partial charge >= 0.3 is 5.97 Å². The number of hydrogen-bond acceptors (Lipinski definition) is 5. The Bertz CT molecular complexity index is 1050. The SMILES string of the molecule is CCCOC(=O)c1cccc(N2C(=O)C(O)=C(C(=O)C(C)C)C2c2cccc(C)c2)c1. The molecule has 1 aliphatic rings. The molecule has 1 heterocycles. The van der Waals surface area contributed by atoms with Crippen molar-refractivity contribution in [2.24, 2.45) is 5.92 Å². The number of benzene rings is 2. The predicted octanol–water partition coefficient (Wildman–Crippen LogP) is 4.69. The van der Waals surface area contributed by atoms with E-state index >= 15 is 0 Å². The van der Waals surface area contributed by atoms with E-state index in [1.807, 2.05) is 38.1 Å². The number of rotatable bonds is 7. The average molecular weight is 421 g/mol. The monoisotopic (exact) mass is 421 g/mol. The molecule has 0 spiro atoms. The van der Waals surface area contributed by atoms with Crippen molar-refractivity contribution in [3.63, 3.8) is 0 Å². The van der Waals surface area contributed by atoms with Crippen LogP contribution in [0.15, 0.2) is 59.9 Å². The Kier molecular flexibility index (Phi) is 6.59. The van der Waals surface area contributed by atoms with Crippen molar-refractivity contribution in [3.05, 3.63) is 76.6 Å². The molecule has 2 aromatic rings. The van der Waals surface area contributed by atoms with Crippen LogP contribution >= 0.6 is 0 Å². The quantitative estimate of drug-likeness (QED) is 0.656. The number of anilines is 1. The van der Waals surface area contributed by atoms with E-state index in [-0.39, 0.29) is 11.4 Å². The molecule has 1 unspecified atom stereocenters. The normalized spacial score (nSPS) is 16.2. The Morgan fingerprint density at radius 2 is 1.84 bits per heavy atom. The molecule has 0 saturated carbocycles. The number of aliphatic hydroxyl groups excluding tert-OH is 1. The number of aliphatic hydroxyl groups is 1. The third-order valence-electron chi connectivity index (χ3n) is 5.15. The third-order valence-corrected chi connectivity index (χ3v) is 5.15. The summed E-state index contributed by atoms with van der Waals surface area (Å²) in [6.45, 7) is 7.58. The van der Waals surface area contributed by atoms with Gasteiger partial charge in [0.1, 0.15) is 0 Å². The summed E-state index contributed by atoms with van der Waals surface area (Å²) < 4.78 is 5.20. The first-order valence-corrected chi connectivity index (χ1v) is 10.4. The minimum atomic E-state index is -0.788. The van der Waals surface area contributed by atoms with E-state index in [0.29, 0.717) is 29.8 Å². The summed E-state index contributed by atoms with van der Waals surface area (Å²) in [6, 6.07) is 13.2. The van der Waals surface area contributed by atoms with Crippen LogP contribution in [0.25, 0.3) is 0 Å². The fourth-order valence-corrected chi connectivity index (χ4v) is 3.65. The van der Waals surface area contributed by atoms with E-state index < -0.39 is 29.6 Å². The first kappa shape index (κ1) is 22.3. The minimum Gasteiger partial charge on any atom is -0.503 e. The van der Waals surface area contributed by atoms with Gasteiger partial charge < -0.3 is 9.84 Å². The summed E-state index contributed by atoms with van der Waals surface area (Å²) in [6.07, 6.45) is 0.698. The van der Waals surface area contributed by atoms with Crippen LogP contribution in [0.3, 0.4) is 0 Å². The number of esters is 1. The van der Waals surface area contributed by atoms with E-state index in [1.54, 1.807) is 38.1 Å². The van der Waals surface area contributed by atoms with Crippen LogP contribution in [0.1, 0.15) is 54.7 Å². The second-order valence-electron chi connectivity index (χ2n) is 7.96. The van der Waals surface area contributed by atoms with Gasteiger partial charge in [0.15, 0.2) is 11.5 Å². The molecule has 3 rings (SSSR count). The highest BCUT2D eigenvalue weighted by atomic mass is 16.5. The van der Waals surface area contributed by atoms with Gasteiger partial charge in [-0.3, -0.25) is 14.5 Å². The fraction of sp³-hybridized carbons (Fsp3) is 0.320. The Balaban J connectivity index is 2.12. The molecule has 2 aromatic carbocycles. The highest BCUT2D eigenvalue weighted by Gasteiger charge is 2.44. The maximum Gasteiger partial charge on any atom is 0.338 e. The van der Waals surface area contributed by atoms with Crippen LogP contribution in [0.4, 0.5) is 5.69 Å². The van der Waals surface area contributed by atoms with E-state index in [4.69, 9.17) is 4.74 Å². The first-order chi connectivity index (χ1) is 14.8. The maximum atomic E-state index is 13.1. The largest absolute Gasteiger partial charge is 0.503 e. The molecule has 6 nitrogen and oxygen atoms in total. The summed E-state index contributed by atoms with van der Waals surface area (Å²) >= 11 is 0. The van der Waals surface area contributed by atoms with Crippen molar-refractivity contribution in [1.82, 2.24) is 0 Å². The molecule has 6 heteroatoms. The number of hydrogen-bond donors (Lipinski definition) is 1. The van der Waals surface area contributed by atoms with Crippen LogP contribution in [0.2, 0.25) is 0 Å². The second-order valence-corrected chi connectivity index (χ2v) is 7.96. The van der Waals surface area contributed by atoms with Gasteiger partial charge in [-0.25, -0.2) is 4.79 Å². The van der Waals surface area contributed by atoms with Crippen LogP contribution in [-0.2, 0) is 14.3 Å². The van der Waals surface area contributed by atoms with Gasteiger partial charge in [-0.15, -0.1) is 0 Å². The molecule has 162 valence electrons. The molecule has 0 aromatic heterocycles. The lowest BCUT2D eigenvalue weighted by Crippen LogP contribution is -2.31. The summed E-state index contributed by atoms with van der Waals surface area (Å²) in [5.41, 5.74) is 2.44. The summed E-state index contributed by atoms with van der Waals surface area (Å²) in [5.74, 6) is -2.40. The van der Waals surface area contributed by atoms with Gasteiger partial charge in [-0.1, -0.05) is 56.7 Å². The van der Waals surface area contributed by atoms with Gasteiger partial charge in [0, 0.05) is 11.6 Å². The molecule has 1 amide bonds. The molecule has 0 fully saturated rings. The number of aryl methyl sites for hydroxylation is 1. The van der Waals surface area contributed by atoms with Gasteiger partial charge in [0.2, 0.25) is 0 Å². The molecule has 0 radical (unpaired) electrons. The zero-order valence-corrected chi connectivity index (χ0v) is 18.2. The third kappa shape index (κ3) is 4.38. The number of ether oxygens (including phenoxy) is 1. The Labute approximate surface area is 182 Å². The topological polar surface area (TPSA) is 83.9 Å². The van der Waals surface area contributed by atoms with E-state index in [1.165, 1.54) is 4.90 Å². The molecular formula is C25H27NO5. The molecule has 31 heavy (non-hydrogen) atoms. The smallest absolute Gasteiger partial charge is 0.338 e. The number of ketones is 1. The number of amides is 1. The van der Waals surface area contributed by atoms with E-state index in [9.17, 15) is 19.5 Å². The van der Waals surface area contributed by atoms with Crippen molar-refractivity contribution >= 4 is 23.3 Å². The van der Waals surface area contributed by atoms with Crippen molar-refractivity contribution in [1.29, 1.82) is 0 Å². The standard InChI is InChI=1S/C25H27NO5/c1-5-12-31-25(30)18-10-7-11-19(14-18)26-21(17-9-6-8-16(4)13-17)20(22(27)15(2)3)23(28)24(26)29/h6-11,13-15,21,28H,5,12H2,1-4H3. The van der Waals surface area contributed by atoms with Crippen molar-refractivity contribution in [2.75, 3.05) is 11.5 Å². The molecule has 0 saturated heterocycles. The lowest BCUT2D eigenvalue weighted by atomic mass is 9.90. The Morgan fingerprint density at radius 1 is 1.13 bits per heavy atom. The van der Waals surface area contributed by atoms with E-state index in [0.717, 1.165) is 5.56 Å². The highest BCUT2D eigenvalue weighted by molar-refractivity contribution is 6.17. The van der Waals surface area contributed by atoms with Crippen LogP contribution in [0.5, 0.6) is 0 Å². The second kappa shape index (κ2) is 9.16. The maximum absolute atomic E-state index is 13.1. The molecule has 0 bridgehead atoms. The van der Waals surface area contributed by atoms with Crippen LogP contribution in [0, 0.1) is 12.8 Å². The number of nitrogens with zero attached hydrogens (tertiary/aromatic N) is 1. The zero-order valence-electron chi connectivity index (χ0n) is 18.2. The molecule has 1 atom stereocenters. The lowest BCUT2D eigenvalue weighted by Gasteiger charge is -2.28. The van der Waals surface area contributed by atoms with Gasteiger partial charge in [0.05, 0.1) is 23.8 Å². The number of carbonyl (C=O) groups excluding carboxylic acids is 3. The first-order valence-electron chi connectivity index (χ1n) is 10.4. The number of carbonyl (C=O) groups is 3. The van der Waals surface area contributed by atoms with Crippen molar-refractivity contribution in [3.8, 4) is 0 Å². The Hall–Kier alpha value is -3.41. The Morgan fingerprint density at radius 3 is 2.48 bits per heavy atom. The molecular weight excluding hydrogens is 394 g/mol. The van der Waals surface area contributed by atoms with Crippen LogP contribution in [-0.4, -0.2) is 29.4 Å². The zero-order chi connectivity index (χ0) is 22.7.